The third-order valence-electron chi connectivity index (χ3n) is 3.33. The molecular weight excluding hydrogens is 278 g/mol. The molecule has 0 fully saturated rings. The lowest BCUT2D eigenvalue weighted by atomic mass is 10.2. The highest BCUT2D eigenvalue weighted by Crippen LogP contribution is 2.16. The number of benzene rings is 1. The minimum absolute atomic E-state index is 0.227. The number of aromatic nitrogens is 3. The summed E-state index contributed by atoms with van der Waals surface area (Å²) in [5, 5.41) is 9.31. The second-order valence-corrected chi connectivity index (χ2v) is 4.93. The van der Waals surface area contributed by atoms with E-state index in [9.17, 15) is 4.79 Å². The Labute approximate surface area is 126 Å². The van der Waals surface area contributed by atoms with Crippen molar-refractivity contribution >= 4 is 11.0 Å². The second kappa shape index (κ2) is 5.39. The number of nitriles is 1. The van der Waals surface area contributed by atoms with Crippen molar-refractivity contribution in [1.29, 1.82) is 5.26 Å². The van der Waals surface area contributed by atoms with Gasteiger partial charge in [0.1, 0.15) is 5.82 Å². The molecule has 22 heavy (non-hydrogen) atoms. The van der Waals surface area contributed by atoms with Crippen molar-refractivity contribution in [1.82, 2.24) is 14.5 Å². The van der Waals surface area contributed by atoms with Crippen LogP contribution in [0, 0.1) is 11.3 Å². The molecule has 0 aliphatic rings. The van der Waals surface area contributed by atoms with Gasteiger partial charge in [0.05, 0.1) is 28.7 Å². The highest BCUT2D eigenvalue weighted by Gasteiger charge is 2.15. The van der Waals surface area contributed by atoms with Gasteiger partial charge in [-0.2, -0.15) is 5.26 Å². The predicted molar refractivity (Wildman–Crippen MR) is 82.5 cm³/mol. The monoisotopic (exact) mass is 291 g/mol. The number of nitrogens with two attached hydrogens (primary N) is 1. The summed E-state index contributed by atoms with van der Waals surface area (Å²) in [6, 6.07) is 11.7. The van der Waals surface area contributed by atoms with E-state index in [2.05, 4.69) is 9.97 Å². The lowest BCUT2D eigenvalue weighted by Crippen LogP contribution is -2.27. The Kier molecular flexibility index (Phi) is 3.41. The second-order valence-electron chi connectivity index (χ2n) is 4.93. The standard InChI is InChI=1S/C16H13N5O/c1-10(18)15-20-14-13(3-2-8-19-14)16(22)21(15)12-6-4-11(9-17)5-7-12/h2-8,10H,18H2,1H3/t10-/m1/s1. The number of nitrogens with zero attached hydrogens (tertiary/aromatic N) is 4. The summed E-state index contributed by atoms with van der Waals surface area (Å²) in [5.74, 6) is 0.431. The Morgan fingerprint density at radius 1 is 1.27 bits per heavy atom. The van der Waals surface area contributed by atoms with E-state index in [-0.39, 0.29) is 5.56 Å². The maximum absolute atomic E-state index is 12.8. The maximum atomic E-state index is 12.8. The Morgan fingerprint density at radius 3 is 2.64 bits per heavy atom. The van der Waals surface area contributed by atoms with Crippen LogP contribution in [0.2, 0.25) is 0 Å². The summed E-state index contributed by atoms with van der Waals surface area (Å²) in [6.45, 7) is 1.76. The SMILES string of the molecule is C[C@@H](N)c1nc2ncccc2c(=O)n1-c1ccc(C#N)cc1. The summed E-state index contributed by atoms with van der Waals surface area (Å²) in [7, 11) is 0. The van der Waals surface area contributed by atoms with Crippen LogP contribution in [0.5, 0.6) is 0 Å². The van der Waals surface area contributed by atoms with Crippen LogP contribution in [0.1, 0.15) is 24.4 Å². The molecule has 1 atom stereocenters. The number of fused-ring (bicyclic) bond motifs is 1. The van der Waals surface area contributed by atoms with Crippen LogP contribution >= 0.6 is 0 Å². The van der Waals surface area contributed by atoms with Gasteiger partial charge in [0.2, 0.25) is 0 Å². The fourth-order valence-corrected chi connectivity index (χ4v) is 2.28. The molecule has 2 N–H and O–H groups in total. The van der Waals surface area contributed by atoms with E-state index < -0.39 is 6.04 Å². The molecule has 108 valence electrons. The minimum Gasteiger partial charge on any atom is -0.322 e. The molecule has 3 aromatic rings. The number of pyridine rings is 1. The van der Waals surface area contributed by atoms with Crippen molar-refractivity contribution in [3.05, 3.63) is 64.3 Å². The van der Waals surface area contributed by atoms with Crippen LogP contribution in [0.25, 0.3) is 16.7 Å². The lowest BCUT2D eigenvalue weighted by Gasteiger charge is -2.15. The molecule has 0 unspecified atom stereocenters. The van der Waals surface area contributed by atoms with E-state index in [0.29, 0.717) is 28.1 Å². The minimum atomic E-state index is -0.435. The number of hydrogen-bond donors (Lipinski definition) is 1. The van der Waals surface area contributed by atoms with Gasteiger partial charge in [0.25, 0.3) is 5.56 Å². The van der Waals surface area contributed by atoms with Crippen LogP contribution < -0.4 is 11.3 Å². The summed E-state index contributed by atoms with van der Waals surface area (Å²) in [6.07, 6.45) is 1.59. The van der Waals surface area contributed by atoms with Crippen molar-refractivity contribution < 1.29 is 0 Å². The molecule has 1 aromatic carbocycles. The first kappa shape index (κ1) is 13.9. The molecule has 3 rings (SSSR count). The van der Waals surface area contributed by atoms with Gasteiger partial charge in [-0.1, -0.05) is 0 Å². The zero-order valence-corrected chi connectivity index (χ0v) is 11.9. The third-order valence-corrected chi connectivity index (χ3v) is 3.33. The molecular formula is C16H13N5O. The first-order valence-corrected chi connectivity index (χ1v) is 6.75. The molecule has 0 spiro atoms. The molecule has 0 amide bonds. The average molecular weight is 291 g/mol. The lowest BCUT2D eigenvalue weighted by molar-refractivity contribution is 0.694. The quantitative estimate of drug-likeness (QED) is 0.774. The number of rotatable bonds is 2. The van der Waals surface area contributed by atoms with E-state index in [1.807, 2.05) is 6.07 Å². The van der Waals surface area contributed by atoms with Crippen LogP contribution in [-0.2, 0) is 0 Å². The van der Waals surface area contributed by atoms with E-state index in [4.69, 9.17) is 11.0 Å². The Hall–Kier alpha value is -3.04. The van der Waals surface area contributed by atoms with Gasteiger partial charge in [-0.05, 0) is 43.3 Å². The zero-order valence-electron chi connectivity index (χ0n) is 11.9. The van der Waals surface area contributed by atoms with Gasteiger partial charge >= 0.3 is 0 Å². The Morgan fingerprint density at radius 2 is 2.00 bits per heavy atom. The molecule has 0 saturated carbocycles. The first-order valence-electron chi connectivity index (χ1n) is 6.75. The van der Waals surface area contributed by atoms with Gasteiger partial charge in [0, 0.05) is 6.20 Å². The van der Waals surface area contributed by atoms with Crippen LogP contribution in [-0.4, -0.2) is 14.5 Å². The largest absolute Gasteiger partial charge is 0.322 e. The highest BCUT2D eigenvalue weighted by molar-refractivity contribution is 5.73. The van der Waals surface area contributed by atoms with E-state index in [0.717, 1.165) is 0 Å². The highest BCUT2D eigenvalue weighted by atomic mass is 16.1. The van der Waals surface area contributed by atoms with E-state index >= 15 is 0 Å². The predicted octanol–water partition coefficient (Wildman–Crippen LogP) is 1.67. The summed E-state index contributed by atoms with van der Waals surface area (Å²) in [4.78, 5) is 21.3. The van der Waals surface area contributed by atoms with Gasteiger partial charge in [-0.3, -0.25) is 9.36 Å². The van der Waals surface area contributed by atoms with Crippen molar-refractivity contribution in [2.75, 3.05) is 0 Å². The fourth-order valence-electron chi connectivity index (χ4n) is 2.28. The summed E-state index contributed by atoms with van der Waals surface area (Å²) < 4.78 is 1.47. The van der Waals surface area contributed by atoms with Crippen LogP contribution in [0.3, 0.4) is 0 Å². The smallest absolute Gasteiger partial charge is 0.267 e. The first-order chi connectivity index (χ1) is 10.6. The molecule has 0 saturated heterocycles. The molecule has 6 heteroatoms. The Bertz CT molecular complexity index is 935. The molecule has 0 aliphatic carbocycles. The average Bonchev–Trinajstić information content (AvgIpc) is 2.55. The van der Waals surface area contributed by atoms with Gasteiger partial charge in [-0.25, -0.2) is 9.97 Å². The molecule has 6 nitrogen and oxygen atoms in total. The van der Waals surface area contributed by atoms with Crippen molar-refractivity contribution in [3.8, 4) is 11.8 Å². The zero-order chi connectivity index (χ0) is 15.7. The van der Waals surface area contributed by atoms with E-state index in [1.165, 1.54) is 4.57 Å². The fraction of sp³-hybridized carbons (Fsp3) is 0.125. The molecule has 0 radical (unpaired) electrons. The normalized spacial score (nSPS) is 12.0. The molecule has 2 heterocycles. The van der Waals surface area contributed by atoms with Gasteiger partial charge in [0.15, 0.2) is 5.65 Å². The molecule has 0 bridgehead atoms. The topological polar surface area (TPSA) is 97.6 Å². The summed E-state index contributed by atoms with van der Waals surface area (Å²) in [5.41, 5.74) is 7.26. The molecule has 2 aromatic heterocycles. The van der Waals surface area contributed by atoms with Crippen LogP contribution in [0.4, 0.5) is 0 Å². The van der Waals surface area contributed by atoms with Crippen molar-refractivity contribution in [2.24, 2.45) is 5.73 Å². The Balaban J connectivity index is 2.35. The summed E-state index contributed by atoms with van der Waals surface area (Å²) >= 11 is 0. The van der Waals surface area contributed by atoms with E-state index in [1.54, 1.807) is 49.5 Å². The van der Waals surface area contributed by atoms with Gasteiger partial charge in [-0.15, -0.1) is 0 Å². The van der Waals surface area contributed by atoms with Crippen molar-refractivity contribution in [2.45, 2.75) is 13.0 Å². The van der Waals surface area contributed by atoms with Crippen molar-refractivity contribution in [3.63, 3.8) is 0 Å². The number of hydrogen-bond acceptors (Lipinski definition) is 5. The molecule has 0 aliphatic heterocycles. The van der Waals surface area contributed by atoms with Crippen LogP contribution in [0.15, 0.2) is 47.4 Å². The maximum Gasteiger partial charge on any atom is 0.267 e. The van der Waals surface area contributed by atoms with Gasteiger partial charge < -0.3 is 5.73 Å². The third kappa shape index (κ3) is 2.24.